The van der Waals surface area contributed by atoms with Crippen molar-refractivity contribution in [1.29, 1.82) is 0 Å². The van der Waals surface area contributed by atoms with E-state index in [1.165, 1.54) is 5.56 Å². The maximum absolute atomic E-state index is 12.6. The van der Waals surface area contributed by atoms with E-state index in [9.17, 15) is 4.79 Å². The van der Waals surface area contributed by atoms with Crippen molar-refractivity contribution in [2.75, 3.05) is 13.7 Å². The van der Waals surface area contributed by atoms with Crippen LogP contribution in [-0.4, -0.2) is 35.5 Å². The standard InChI is InChI=1S/C20H26N2O2/c1-5-22(20(23)13-18-7-6-15(2)21-14-18)16(3)12-17-8-10-19(24-4)11-9-17/h6-11,14,16H,5,12-13H2,1-4H3/t16-/m0/s1. The maximum atomic E-state index is 12.6. The lowest BCUT2D eigenvalue weighted by atomic mass is 10.0. The molecule has 24 heavy (non-hydrogen) atoms. The van der Waals surface area contributed by atoms with Gasteiger partial charge in [0.1, 0.15) is 5.75 Å². The van der Waals surface area contributed by atoms with Crippen LogP contribution in [0.4, 0.5) is 0 Å². The number of hydrogen-bond acceptors (Lipinski definition) is 3. The van der Waals surface area contributed by atoms with Gasteiger partial charge in [0.05, 0.1) is 13.5 Å². The number of methoxy groups -OCH3 is 1. The van der Waals surface area contributed by atoms with E-state index in [0.29, 0.717) is 13.0 Å². The number of carbonyl (C=O) groups is 1. The summed E-state index contributed by atoms with van der Waals surface area (Å²) in [5, 5.41) is 0. The van der Waals surface area contributed by atoms with E-state index in [4.69, 9.17) is 4.74 Å². The number of carbonyl (C=O) groups excluding carboxylic acids is 1. The molecule has 2 aromatic rings. The van der Waals surface area contributed by atoms with Gasteiger partial charge in [-0.15, -0.1) is 0 Å². The molecule has 1 heterocycles. The Morgan fingerprint density at radius 2 is 1.83 bits per heavy atom. The van der Waals surface area contributed by atoms with Gasteiger partial charge in [-0.3, -0.25) is 9.78 Å². The van der Waals surface area contributed by atoms with Crippen molar-refractivity contribution >= 4 is 5.91 Å². The number of aryl methyl sites for hydroxylation is 1. The molecule has 0 aliphatic carbocycles. The van der Waals surface area contributed by atoms with Crippen LogP contribution in [-0.2, 0) is 17.6 Å². The first-order valence-corrected chi connectivity index (χ1v) is 8.37. The third kappa shape index (κ3) is 4.82. The Morgan fingerprint density at radius 3 is 2.38 bits per heavy atom. The average molecular weight is 326 g/mol. The highest BCUT2D eigenvalue weighted by molar-refractivity contribution is 5.79. The predicted molar refractivity (Wildman–Crippen MR) is 96.2 cm³/mol. The van der Waals surface area contributed by atoms with E-state index < -0.39 is 0 Å². The molecule has 1 atom stereocenters. The van der Waals surface area contributed by atoms with Crippen LogP contribution in [0, 0.1) is 6.92 Å². The summed E-state index contributed by atoms with van der Waals surface area (Å²) in [7, 11) is 1.66. The zero-order chi connectivity index (χ0) is 17.5. The van der Waals surface area contributed by atoms with Crippen molar-refractivity contribution in [1.82, 2.24) is 9.88 Å². The Kier molecular flexibility index (Phi) is 6.36. The van der Waals surface area contributed by atoms with Gasteiger partial charge in [-0.1, -0.05) is 18.2 Å². The second-order valence-corrected chi connectivity index (χ2v) is 6.07. The van der Waals surface area contributed by atoms with E-state index in [0.717, 1.165) is 23.4 Å². The van der Waals surface area contributed by atoms with E-state index in [-0.39, 0.29) is 11.9 Å². The minimum Gasteiger partial charge on any atom is -0.497 e. The van der Waals surface area contributed by atoms with Gasteiger partial charge >= 0.3 is 0 Å². The Balaban J connectivity index is 1.99. The molecule has 1 amide bonds. The number of ether oxygens (including phenoxy) is 1. The molecule has 4 nitrogen and oxygen atoms in total. The minimum atomic E-state index is 0.143. The largest absolute Gasteiger partial charge is 0.497 e. The van der Waals surface area contributed by atoms with Crippen LogP contribution < -0.4 is 4.74 Å². The number of amides is 1. The van der Waals surface area contributed by atoms with Crippen LogP contribution in [0.1, 0.15) is 30.7 Å². The molecular formula is C20H26N2O2. The third-order valence-corrected chi connectivity index (χ3v) is 4.21. The summed E-state index contributed by atoms with van der Waals surface area (Å²) in [6, 6.07) is 12.1. The molecule has 0 saturated carbocycles. The molecule has 4 heteroatoms. The second kappa shape index (κ2) is 8.48. The lowest BCUT2D eigenvalue weighted by molar-refractivity contribution is -0.132. The molecule has 0 aliphatic rings. The van der Waals surface area contributed by atoms with E-state index in [1.54, 1.807) is 13.3 Å². The van der Waals surface area contributed by atoms with E-state index in [1.807, 2.05) is 43.0 Å². The van der Waals surface area contributed by atoms with Gasteiger partial charge in [-0.25, -0.2) is 0 Å². The Bertz CT molecular complexity index is 650. The molecule has 0 fully saturated rings. The molecule has 1 aromatic carbocycles. The van der Waals surface area contributed by atoms with Crippen molar-refractivity contribution in [2.45, 2.75) is 39.7 Å². The first-order chi connectivity index (χ1) is 11.5. The Labute approximate surface area is 144 Å². The highest BCUT2D eigenvalue weighted by Crippen LogP contribution is 2.15. The maximum Gasteiger partial charge on any atom is 0.227 e. The van der Waals surface area contributed by atoms with Crippen LogP contribution in [0.15, 0.2) is 42.6 Å². The second-order valence-electron chi connectivity index (χ2n) is 6.07. The van der Waals surface area contributed by atoms with Gasteiger partial charge in [-0.2, -0.15) is 0 Å². The van der Waals surface area contributed by atoms with Crippen LogP contribution in [0.2, 0.25) is 0 Å². The van der Waals surface area contributed by atoms with E-state index >= 15 is 0 Å². The number of benzene rings is 1. The topological polar surface area (TPSA) is 42.4 Å². The SMILES string of the molecule is CCN(C(=O)Cc1ccc(C)nc1)[C@@H](C)Cc1ccc(OC)cc1. The fourth-order valence-electron chi connectivity index (χ4n) is 2.83. The molecule has 0 saturated heterocycles. The molecule has 0 bridgehead atoms. The van der Waals surface area contributed by atoms with Crippen molar-refractivity contribution in [2.24, 2.45) is 0 Å². The summed E-state index contributed by atoms with van der Waals surface area (Å²) in [6.07, 6.45) is 3.01. The van der Waals surface area contributed by atoms with Crippen molar-refractivity contribution in [3.8, 4) is 5.75 Å². The molecular weight excluding hydrogens is 300 g/mol. The molecule has 0 N–H and O–H groups in total. The van der Waals surface area contributed by atoms with Gasteiger partial charge in [0.2, 0.25) is 5.91 Å². The Morgan fingerprint density at radius 1 is 1.17 bits per heavy atom. The summed E-state index contributed by atoms with van der Waals surface area (Å²) in [5.41, 5.74) is 3.12. The van der Waals surface area contributed by atoms with Gasteiger partial charge < -0.3 is 9.64 Å². The first-order valence-electron chi connectivity index (χ1n) is 8.37. The van der Waals surface area contributed by atoms with Gasteiger partial charge in [-0.05, 0) is 56.5 Å². The fourth-order valence-corrected chi connectivity index (χ4v) is 2.83. The molecule has 0 aliphatic heterocycles. The van der Waals surface area contributed by atoms with Crippen LogP contribution in [0.3, 0.4) is 0 Å². The normalized spacial score (nSPS) is 11.8. The van der Waals surface area contributed by atoms with Crippen molar-refractivity contribution in [3.05, 3.63) is 59.4 Å². The third-order valence-electron chi connectivity index (χ3n) is 4.21. The number of aromatic nitrogens is 1. The fraction of sp³-hybridized carbons (Fsp3) is 0.400. The smallest absolute Gasteiger partial charge is 0.227 e. The summed E-state index contributed by atoms with van der Waals surface area (Å²) < 4.78 is 5.19. The number of nitrogens with zero attached hydrogens (tertiary/aromatic N) is 2. The predicted octanol–water partition coefficient (Wildman–Crippen LogP) is 3.42. The van der Waals surface area contributed by atoms with Crippen LogP contribution in [0.5, 0.6) is 5.75 Å². The minimum absolute atomic E-state index is 0.143. The lowest BCUT2D eigenvalue weighted by Gasteiger charge is -2.28. The number of likely N-dealkylation sites (N-methyl/N-ethyl adjacent to an activating group) is 1. The molecule has 0 unspecified atom stereocenters. The van der Waals surface area contributed by atoms with Crippen LogP contribution >= 0.6 is 0 Å². The van der Waals surface area contributed by atoms with Gasteiger partial charge in [0, 0.05) is 24.5 Å². The van der Waals surface area contributed by atoms with Gasteiger partial charge in [0.25, 0.3) is 0 Å². The summed E-state index contributed by atoms with van der Waals surface area (Å²) in [6.45, 7) is 6.77. The monoisotopic (exact) mass is 326 g/mol. The summed E-state index contributed by atoms with van der Waals surface area (Å²) in [4.78, 5) is 18.8. The van der Waals surface area contributed by atoms with Gasteiger partial charge in [0.15, 0.2) is 0 Å². The summed E-state index contributed by atoms with van der Waals surface area (Å²) >= 11 is 0. The first kappa shape index (κ1) is 18.0. The Hall–Kier alpha value is -2.36. The van der Waals surface area contributed by atoms with Crippen LogP contribution in [0.25, 0.3) is 0 Å². The molecule has 1 aromatic heterocycles. The van der Waals surface area contributed by atoms with Crippen molar-refractivity contribution < 1.29 is 9.53 Å². The molecule has 2 rings (SSSR count). The highest BCUT2D eigenvalue weighted by Gasteiger charge is 2.19. The zero-order valence-electron chi connectivity index (χ0n) is 15.0. The highest BCUT2D eigenvalue weighted by atomic mass is 16.5. The van der Waals surface area contributed by atoms with E-state index in [2.05, 4.69) is 24.0 Å². The quantitative estimate of drug-likeness (QED) is 0.783. The summed E-state index contributed by atoms with van der Waals surface area (Å²) in [5.74, 6) is 0.992. The van der Waals surface area contributed by atoms with Crippen molar-refractivity contribution in [3.63, 3.8) is 0 Å². The molecule has 128 valence electrons. The molecule has 0 radical (unpaired) electrons. The average Bonchev–Trinajstić information content (AvgIpc) is 2.58. The lowest BCUT2D eigenvalue weighted by Crippen LogP contribution is -2.40. The number of rotatable bonds is 7. The molecule has 0 spiro atoms. The number of pyridine rings is 1. The zero-order valence-corrected chi connectivity index (χ0v) is 15.0. The number of hydrogen-bond donors (Lipinski definition) is 0.